The number of amides is 3. The first-order chi connectivity index (χ1) is 18.5. The first kappa shape index (κ1) is 24.7. The fourth-order valence-corrected chi connectivity index (χ4v) is 6.54. The Morgan fingerprint density at radius 1 is 1.11 bits per heavy atom. The highest BCUT2D eigenvalue weighted by Gasteiger charge is 2.47. The number of nitrogens with zero attached hydrogens (tertiary/aromatic N) is 2. The number of carbonyl (C=O) groups is 2. The molecule has 6 rings (SSSR count). The Morgan fingerprint density at radius 3 is 2.74 bits per heavy atom. The quantitative estimate of drug-likeness (QED) is 0.441. The number of aromatic nitrogens is 1. The van der Waals surface area contributed by atoms with E-state index in [2.05, 4.69) is 20.9 Å². The number of hydrogen-bond acceptors (Lipinski definition) is 7. The largest absolute Gasteiger partial charge is 0.457 e. The molecule has 10 heteroatoms. The summed E-state index contributed by atoms with van der Waals surface area (Å²) in [5.74, 6) is 1.32. The summed E-state index contributed by atoms with van der Waals surface area (Å²) >= 11 is 1.40. The highest BCUT2D eigenvalue weighted by atomic mass is 32.2. The maximum absolute atomic E-state index is 13.5. The normalized spacial score (nSPS) is 23.9. The molecule has 38 heavy (non-hydrogen) atoms. The van der Waals surface area contributed by atoms with Crippen LogP contribution < -0.4 is 25.6 Å². The van der Waals surface area contributed by atoms with E-state index in [0.29, 0.717) is 12.3 Å². The molecule has 196 valence electrons. The lowest BCUT2D eigenvalue weighted by atomic mass is 9.98. The Bertz CT molecular complexity index is 1370. The maximum atomic E-state index is 13.5. The van der Waals surface area contributed by atoms with Crippen LogP contribution in [0, 0.1) is 6.92 Å². The fourth-order valence-electron chi connectivity index (χ4n) is 5.31. The second-order valence-electron chi connectivity index (χ2n) is 9.67. The number of ether oxygens (including phenoxy) is 2. The summed E-state index contributed by atoms with van der Waals surface area (Å²) < 4.78 is 11.4. The van der Waals surface area contributed by atoms with Gasteiger partial charge in [-0.1, -0.05) is 30.0 Å². The molecule has 0 bridgehead atoms. The number of pyridine rings is 1. The summed E-state index contributed by atoms with van der Waals surface area (Å²) in [4.78, 5) is 33.1. The predicted molar refractivity (Wildman–Crippen MR) is 145 cm³/mol. The molecular weight excluding hydrogens is 502 g/mol. The van der Waals surface area contributed by atoms with Gasteiger partial charge in [-0.2, -0.15) is 0 Å². The molecular formula is C28H29N5O4S. The molecule has 0 radical (unpaired) electrons. The molecule has 3 aromatic rings. The molecule has 3 amide bonds. The van der Waals surface area contributed by atoms with Crippen LogP contribution in [0.1, 0.15) is 23.6 Å². The summed E-state index contributed by atoms with van der Waals surface area (Å²) in [5.41, 5.74) is 3.24. The third-order valence-electron chi connectivity index (χ3n) is 7.14. The molecule has 1 fully saturated rings. The zero-order valence-electron chi connectivity index (χ0n) is 21.1. The summed E-state index contributed by atoms with van der Waals surface area (Å²) in [6.07, 6.45) is 2.50. The van der Waals surface area contributed by atoms with Crippen molar-refractivity contribution in [3.8, 4) is 11.5 Å². The Hall–Kier alpha value is -3.60. The van der Waals surface area contributed by atoms with Crippen molar-refractivity contribution in [2.45, 2.75) is 41.8 Å². The average molecular weight is 532 g/mol. The lowest BCUT2D eigenvalue weighted by Gasteiger charge is -2.35. The number of urea groups is 1. The van der Waals surface area contributed by atoms with E-state index in [-0.39, 0.29) is 24.1 Å². The first-order valence-corrected chi connectivity index (χ1v) is 13.5. The van der Waals surface area contributed by atoms with Gasteiger partial charge in [0.25, 0.3) is 0 Å². The molecule has 9 nitrogen and oxygen atoms in total. The third kappa shape index (κ3) is 4.59. The molecule has 3 N–H and O–H groups in total. The Labute approximate surface area is 225 Å². The first-order valence-electron chi connectivity index (χ1n) is 12.7. The van der Waals surface area contributed by atoms with Crippen LogP contribution in [-0.4, -0.2) is 54.5 Å². The molecule has 3 aliphatic heterocycles. The summed E-state index contributed by atoms with van der Waals surface area (Å²) in [6.45, 7) is 3.41. The molecule has 0 spiro atoms. The van der Waals surface area contributed by atoms with Crippen LogP contribution in [0.3, 0.4) is 0 Å². The van der Waals surface area contributed by atoms with E-state index in [0.717, 1.165) is 46.2 Å². The second-order valence-corrected chi connectivity index (χ2v) is 10.8. The minimum absolute atomic E-state index is 0.0343. The van der Waals surface area contributed by atoms with E-state index in [1.165, 1.54) is 11.8 Å². The van der Waals surface area contributed by atoms with Crippen molar-refractivity contribution in [3.05, 3.63) is 71.9 Å². The van der Waals surface area contributed by atoms with Crippen molar-refractivity contribution < 1.29 is 19.1 Å². The second kappa shape index (κ2) is 10.3. The number of hydrogen-bond donors (Lipinski definition) is 3. The van der Waals surface area contributed by atoms with Crippen LogP contribution in [0.5, 0.6) is 11.5 Å². The summed E-state index contributed by atoms with van der Waals surface area (Å²) in [5, 5.41) is 9.80. The molecule has 0 aliphatic carbocycles. The van der Waals surface area contributed by atoms with E-state index in [1.807, 2.05) is 61.5 Å². The van der Waals surface area contributed by atoms with Gasteiger partial charge in [-0.3, -0.25) is 9.69 Å². The monoisotopic (exact) mass is 531 g/mol. The number of rotatable bonds is 6. The van der Waals surface area contributed by atoms with Gasteiger partial charge in [0.15, 0.2) is 0 Å². The maximum Gasteiger partial charge on any atom is 0.327 e. The SMILES string of the molecule is CO[C@H]1CNC[C@H](NC(=O)C2Sc3nccc4c3C2NC(=O)N4c2ccc(Oc3ccccc3)cc2C)C1. The third-order valence-corrected chi connectivity index (χ3v) is 8.43. The standard InChI is InChI=1S/C28H29N5O4S/c1-16-12-19(37-18-6-4-3-5-7-18)8-9-21(16)33-22-10-11-30-27-23(22)24(32-28(33)35)25(38-27)26(34)31-17-13-20(36-2)15-29-14-17/h3-12,17,20,24-25,29H,13-15H2,1-2H3,(H,31,34)(H,32,35)/t17-,20-,24?,25?/m1/s1. The van der Waals surface area contributed by atoms with Crippen molar-refractivity contribution in [3.63, 3.8) is 0 Å². The average Bonchev–Trinajstić information content (AvgIpc) is 3.30. The molecule has 4 heterocycles. The van der Waals surface area contributed by atoms with Gasteiger partial charge in [0.2, 0.25) is 5.91 Å². The van der Waals surface area contributed by atoms with Crippen LogP contribution >= 0.6 is 11.8 Å². The van der Waals surface area contributed by atoms with Gasteiger partial charge in [0.1, 0.15) is 21.8 Å². The lowest BCUT2D eigenvalue weighted by molar-refractivity contribution is -0.122. The van der Waals surface area contributed by atoms with Gasteiger partial charge >= 0.3 is 6.03 Å². The minimum Gasteiger partial charge on any atom is -0.457 e. The van der Waals surface area contributed by atoms with Crippen molar-refractivity contribution in [1.29, 1.82) is 0 Å². The highest BCUT2D eigenvalue weighted by Crippen LogP contribution is 2.51. The predicted octanol–water partition coefficient (Wildman–Crippen LogP) is 4.05. The van der Waals surface area contributed by atoms with E-state index >= 15 is 0 Å². The van der Waals surface area contributed by atoms with Gasteiger partial charge in [0.05, 0.1) is 23.5 Å². The molecule has 2 aromatic carbocycles. The van der Waals surface area contributed by atoms with E-state index in [9.17, 15) is 9.59 Å². The smallest absolute Gasteiger partial charge is 0.327 e. The van der Waals surface area contributed by atoms with Crippen LogP contribution in [-0.2, 0) is 9.53 Å². The number of methoxy groups -OCH3 is 1. The molecule has 0 saturated carbocycles. The summed E-state index contributed by atoms with van der Waals surface area (Å²) in [6, 6.07) is 16.3. The highest BCUT2D eigenvalue weighted by molar-refractivity contribution is 8.01. The van der Waals surface area contributed by atoms with Crippen LogP contribution in [0.4, 0.5) is 16.2 Å². The van der Waals surface area contributed by atoms with Gasteiger partial charge in [-0.05, 0) is 55.3 Å². The molecule has 1 aromatic heterocycles. The van der Waals surface area contributed by atoms with Gasteiger partial charge in [-0.25, -0.2) is 9.78 Å². The zero-order valence-corrected chi connectivity index (χ0v) is 22.0. The van der Waals surface area contributed by atoms with Crippen molar-refractivity contribution in [1.82, 2.24) is 20.9 Å². The molecule has 2 unspecified atom stereocenters. The molecule has 1 saturated heterocycles. The zero-order chi connectivity index (χ0) is 26.2. The van der Waals surface area contributed by atoms with E-state index in [4.69, 9.17) is 9.47 Å². The molecule has 3 aliphatic rings. The number of para-hydroxylation sites is 1. The number of thioether (sulfide) groups is 1. The number of carbonyl (C=O) groups excluding carboxylic acids is 2. The van der Waals surface area contributed by atoms with Crippen LogP contribution in [0.15, 0.2) is 65.8 Å². The number of piperidine rings is 1. The van der Waals surface area contributed by atoms with Crippen LogP contribution in [0.2, 0.25) is 0 Å². The summed E-state index contributed by atoms with van der Waals surface area (Å²) in [7, 11) is 1.68. The van der Waals surface area contributed by atoms with Gasteiger partial charge < -0.3 is 25.4 Å². The topological polar surface area (TPSA) is 105 Å². The molecule has 4 atom stereocenters. The number of benzene rings is 2. The number of aryl methyl sites for hydroxylation is 1. The van der Waals surface area contributed by atoms with E-state index < -0.39 is 11.3 Å². The Balaban J connectivity index is 1.25. The number of anilines is 2. The Kier molecular flexibility index (Phi) is 6.69. The minimum atomic E-state index is -0.504. The lowest BCUT2D eigenvalue weighted by Crippen LogP contribution is -2.54. The van der Waals surface area contributed by atoms with Crippen molar-refractivity contribution >= 4 is 35.1 Å². The fraction of sp³-hybridized carbons (Fsp3) is 0.321. The Morgan fingerprint density at radius 2 is 1.95 bits per heavy atom. The number of nitrogens with one attached hydrogen (secondary N) is 3. The van der Waals surface area contributed by atoms with Crippen LogP contribution in [0.25, 0.3) is 0 Å². The van der Waals surface area contributed by atoms with Crippen molar-refractivity contribution in [2.75, 3.05) is 25.1 Å². The van der Waals surface area contributed by atoms with Gasteiger partial charge in [-0.15, -0.1) is 0 Å². The van der Waals surface area contributed by atoms with Crippen molar-refractivity contribution in [2.24, 2.45) is 0 Å². The van der Waals surface area contributed by atoms with Gasteiger partial charge in [0, 0.05) is 38.0 Å². The van der Waals surface area contributed by atoms with E-state index in [1.54, 1.807) is 18.2 Å².